The summed E-state index contributed by atoms with van der Waals surface area (Å²) >= 11 is 0. The quantitative estimate of drug-likeness (QED) is 0.726. The van der Waals surface area contributed by atoms with E-state index in [1.165, 1.54) is 0 Å². The maximum atomic E-state index is 6.09. The fourth-order valence-corrected chi connectivity index (χ4v) is 1.89. The van der Waals surface area contributed by atoms with Gasteiger partial charge in [-0.3, -0.25) is 9.08 Å². The van der Waals surface area contributed by atoms with Crippen LogP contribution in [0.4, 0.5) is 5.82 Å². The van der Waals surface area contributed by atoms with Crippen LogP contribution in [0.5, 0.6) is 0 Å². The summed E-state index contributed by atoms with van der Waals surface area (Å²) in [6, 6.07) is 5.81. The second-order valence-corrected chi connectivity index (χ2v) is 3.86. The second kappa shape index (κ2) is 3.62. The molecule has 3 heterocycles. The third-order valence-electron chi connectivity index (χ3n) is 2.80. The van der Waals surface area contributed by atoms with Crippen molar-refractivity contribution in [3.8, 4) is 11.3 Å². The van der Waals surface area contributed by atoms with Gasteiger partial charge in [-0.05, 0) is 19.1 Å². The molecule has 3 aromatic heterocycles. The number of rotatable bonds is 2. The molecule has 2 N–H and O–H groups in total. The topological polar surface area (TPSA) is 61.1 Å². The van der Waals surface area contributed by atoms with E-state index >= 15 is 0 Å². The first-order valence-corrected chi connectivity index (χ1v) is 5.55. The zero-order valence-electron chi connectivity index (χ0n) is 9.54. The lowest BCUT2D eigenvalue weighted by Gasteiger charge is -1.95. The van der Waals surface area contributed by atoms with E-state index in [2.05, 4.69) is 10.1 Å². The highest BCUT2D eigenvalue weighted by Gasteiger charge is 2.12. The number of nitrogen functional groups attached to an aromatic ring is 1. The van der Waals surface area contributed by atoms with Crippen molar-refractivity contribution in [3.05, 3.63) is 36.8 Å². The zero-order chi connectivity index (χ0) is 11.8. The van der Waals surface area contributed by atoms with Crippen molar-refractivity contribution in [2.45, 2.75) is 13.5 Å². The summed E-state index contributed by atoms with van der Waals surface area (Å²) in [5, 5.41) is 4.23. The van der Waals surface area contributed by atoms with E-state index in [1.54, 1.807) is 6.20 Å². The summed E-state index contributed by atoms with van der Waals surface area (Å²) in [5.41, 5.74) is 8.68. The Kier molecular flexibility index (Phi) is 2.11. The Morgan fingerprint density at radius 1 is 1.35 bits per heavy atom. The Morgan fingerprint density at radius 3 is 2.94 bits per heavy atom. The molecule has 0 aromatic carbocycles. The zero-order valence-corrected chi connectivity index (χ0v) is 9.54. The van der Waals surface area contributed by atoms with Gasteiger partial charge in [0.2, 0.25) is 0 Å². The van der Waals surface area contributed by atoms with Crippen molar-refractivity contribution in [2.24, 2.45) is 0 Å². The van der Waals surface area contributed by atoms with Gasteiger partial charge in [-0.2, -0.15) is 5.10 Å². The van der Waals surface area contributed by atoms with Crippen LogP contribution in [0, 0.1) is 0 Å². The van der Waals surface area contributed by atoms with Gasteiger partial charge in [0.15, 0.2) is 0 Å². The first-order valence-electron chi connectivity index (χ1n) is 5.55. The number of nitrogens with two attached hydrogens (primary N) is 1. The molecule has 0 fully saturated rings. The van der Waals surface area contributed by atoms with Gasteiger partial charge in [-0.1, -0.05) is 6.07 Å². The van der Waals surface area contributed by atoms with Crippen molar-refractivity contribution in [2.75, 3.05) is 5.73 Å². The van der Waals surface area contributed by atoms with Gasteiger partial charge in [-0.15, -0.1) is 0 Å². The average Bonchev–Trinajstić information content (AvgIpc) is 2.95. The number of aryl methyl sites for hydroxylation is 1. The molecule has 0 unspecified atom stereocenters. The lowest BCUT2D eigenvalue weighted by atomic mass is 10.2. The fourth-order valence-electron chi connectivity index (χ4n) is 1.89. The summed E-state index contributed by atoms with van der Waals surface area (Å²) in [5.74, 6) is 0.649. The normalized spacial score (nSPS) is 11.1. The molecule has 0 atom stereocenters. The van der Waals surface area contributed by atoms with Gasteiger partial charge in [0.1, 0.15) is 17.2 Å². The van der Waals surface area contributed by atoms with Crippen molar-refractivity contribution < 1.29 is 0 Å². The van der Waals surface area contributed by atoms with Crippen LogP contribution in [0.25, 0.3) is 16.9 Å². The molecule has 86 valence electrons. The third-order valence-corrected chi connectivity index (χ3v) is 2.80. The molecule has 3 rings (SSSR count). The van der Waals surface area contributed by atoms with E-state index in [4.69, 9.17) is 5.73 Å². The van der Waals surface area contributed by atoms with Gasteiger partial charge >= 0.3 is 0 Å². The van der Waals surface area contributed by atoms with Crippen LogP contribution < -0.4 is 5.73 Å². The molecule has 3 aromatic rings. The third kappa shape index (κ3) is 1.47. The number of nitrogens with zero attached hydrogens (tertiary/aromatic N) is 4. The maximum absolute atomic E-state index is 6.09. The highest BCUT2D eigenvalue weighted by atomic mass is 15.3. The molecule has 0 saturated heterocycles. The standard InChI is InChI=1S/C12H13N5/c1-2-16-8-9(7-14-16)11-12(13)17-6-4-3-5-10(17)15-11/h3-8H,2,13H2,1H3. The predicted molar refractivity (Wildman–Crippen MR) is 66.5 cm³/mol. The SMILES string of the molecule is CCn1cc(-c2nc3ccccn3c2N)cn1. The lowest BCUT2D eigenvalue weighted by molar-refractivity contribution is 0.660. The molecule has 5 heteroatoms. The Labute approximate surface area is 98.5 Å². The number of imidazole rings is 1. The molecule has 0 aliphatic heterocycles. The number of hydrogen-bond donors (Lipinski definition) is 1. The van der Waals surface area contributed by atoms with Gasteiger partial charge in [0.25, 0.3) is 0 Å². The van der Waals surface area contributed by atoms with Crippen molar-refractivity contribution in [1.82, 2.24) is 19.2 Å². The van der Waals surface area contributed by atoms with Crippen LogP contribution in [0.2, 0.25) is 0 Å². The molecule has 5 nitrogen and oxygen atoms in total. The number of pyridine rings is 1. The van der Waals surface area contributed by atoms with Gasteiger partial charge in [0, 0.05) is 24.5 Å². The van der Waals surface area contributed by atoms with Crippen molar-refractivity contribution in [3.63, 3.8) is 0 Å². The minimum absolute atomic E-state index is 0.649. The van der Waals surface area contributed by atoms with E-state index in [0.717, 1.165) is 23.4 Å². The minimum Gasteiger partial charge on any atom is -0.383 e. The first kappa shape index (κ1) is 9.89. The van der Waals surface area contributed by atoms with Gasteiger partial charge < -0.3 is 5.73 Å². The molecule has 0 saturated carbocycles. The molecule has 0 aliphatic carbocycles. The van der Waals surface area contributed by atoms with Gasteiger partial charge in [-0.25, -0.2) is 4.98 Å². The van der Waals surface area contributed by atoms with Crippen LogP contribution in [-0.2, 0) is 6.54 Å². The van der Waals surface area contributed by atoms with E-state index in [9.17, 15) is 0 Å². The molecular weight excluding hydrogens is 214 g/mol. The molecule has 17 heavy (non-hydrogen) atoms. The molecule has 0 bridgehead atoms. The maximum Gasteiger partial charge on any atom is 0.139 e. The summed E-state index contributed by atoms with van der Waals surface area (Å²) in [4.78, 5) is 4.51. The smallest absolute Gasteiger partial charge is 0.139 e. The van der Waals surface area contributed by atoms with Crippen LogP contribution in [0.3, 0.4) is 0 Å². The largest absolute Gasteiger partial charge is 0.383 e. The van der Waals surface area contributed by atoms with Crippen molar-refractivity contribution >= 4 is 11.5 Å². The summed E-state index contributed by atoms with van der Waals surface area (Å²) < 4.78 is 3.73. The highest BCUT2D eigenvalue weighted by Crippen LogP contribution is 2.25. The highest BCUT2D eigenvalue weighted by molar-refractivity contribution is 5.73. The van der Waals surface area contributed by atoms with Crippen molar-refractivity contribution in [1.29, 1.82) is 0 Å². The number of fused-ring (bicyclic) bond motifs is 1. The number of hydrogen-bond acceptors (Lipinski definition) is 3. The summed E-state index contributed by atoms with van der Waals surface area (Å²) in [6.07, 6.45) is 5.66. The lowest BCUT2D eigenvalue weighted by Crippen LogP contribution is -1.93. The summed E-state index contributed by atoms with van der Waals surface area (Å²) in [6.45, 7) is 2.89. The molecule has 0 aliphatic rings. The minimum atomic E-state index is 0.649. The number of aromatic nitrogens is 4. The van der Waals surface area contributed by atoms with Crippen LogP contribution in [0.1, 0.15) is 6.92 Å². The second-order valence-electron chi connectivity index (χ2n) is 3.86. The predicted octanol–water partition coefficient (Wildman–Crippen LogP) is 1.80. The average molecular weight is 227 g/mol. The van der Waals surface area contributed by atoms with Crippen LogP contribution in [0.15, 0.2) is 36.8 Å². The molecule has 0 spiro atoms. The Morgan fingerprint density at radius 2 is 2.24 bits per heavy atom. The molecule has 0 radical (unpaired) electrons. The Balaban J connectivity index is 2.20. The van der Waals surface area contributed by atoms with Crippen LogP contribution >= 0.6 is 0 Å². The van der Waals surface area contributed by atoms with E-state index in [1.807, 2.05) is 46.6 Å². The monoisotopic (exact) mass is 227 g/mol. The van der Waals surface area contributed by atoms with E-state index in [-0.39, 0.29) is 0 Å². The summed E-state index contributed by atoms with van der Waals surface area (Å²) in [7, 11) is 0. The van der Waals surface area contributed by atoms with Gasteiger partial charge in [0.05, 0.1) is 6.20 Å². The fraction of sp³-hybridized carbons (Fsp3) is 0.167. The Bertz CT molecular complexity index is 664. The van der Waals surface area contributed by atoms with E-state index in [0.29, 0.717) is 5.82 Å². The van der Waals surface area contributed by atoms with Crippen LogP contribution in [-0.4, -0.2) is 19.2 Å². The number of anilines is 1. The molecular formula is C12H13N5. The Hall–Kier alpha value is -2.30. The first-order chi connectivity index (χ1) is 8.29. The molecule has 0 amide bonds. The van der Waals surface area contributed by atoms with E-state index < -0.39 is 0 Å².